The maximum atomic E-state index is 13.3. The smallest absolute Gasteiger partial charge is 0.356 e. The fraction of sp³-hybridized carbons (Fsp3) is 0.219. The van der Waals surface area contributed by atoms with Crippen LogP contribution < -0.4 is 10.2 Å². The number of nitrogens with zero attached hydrogens (tertiary/aromatic N) is 1. The molecule has 1 amide bonds. The van der Waals surface area contributed by atoms with Gasteiger partial charge in [-0.2, -0.15) is 0 Å². The quantitative estimate of drug-likeness (QED) is 0.182. The number of carbonyl (C=O) groups excluding carboxylic acids is 1. The van der Waals surface area contributed by atoms with Crippen LogP contribution in [0.2, 0.25) is 0 Å². The van der Waals surface area contributed by atoms with Crippen molar-refractivity contribution < 1.29 is 33.7 Å². The van der Waals surface area contributed by atoms with Gasteiger partial charge in [-0.25, -0.2) is 4.39 Å². The minimum Gasteiger partial charge on any atom is -0.508 e. The predicted octanol–water partition coefficient (Wildman–Crippen LogP) is 6.00. The Morgan fingerprint density at radius 2 is 1.56 bits per heavy atom. The van der Waals surface area contributed by atoms with Gasteiger partial charge in [0.05, 0.1) is 17.5 Å². The van der Waals surface area contributed by atoms with E-state index in [-0.39, 0.29) is 35.1 Å². The minimum atomic E-state index is -4.36. The molecule has 4 aromatic rings. The van der Waals surface area contributed by atoms with Gasteiger partial charge in [-0.3, -0.25) is 9.36 Å². The largest absolute Gasteiger partial charge is 0.508 e. The van der Waals surface area contributed by atoms with Crippen LogP contribution in [0.4, 0.5) is 10.1 Å². The third kappa shape index (κ3) is 6.42. The molecule has 9 heteroatoms. The lowest BCUT2D eigenvalue weighted by Gasteiger charge is -2.30. The van der Waals surface area contributed by atoms with Crippen molar-refractivity contribution in [2.24, 2.45) is 5.92 Å². The molecule has 0 aliphatic carbocycles. The van der Waals surface area contributed by atoms with E-state index in [1.807, 2.05) is 36.4 Å². The Morgan fingerprint density at radius 3 is 2.20 bits per heavy atom. The highest BCUT2D eigenvalue weighted by Gasteiger charge is 2.42. The molecule has 1 unspecified atom stereocenters. The molecule has 1 heterocycles. The summed E-state index contributed by atoms with van der Waals surface area (Å²) in [5, 5.41) is 21.7. The lowest BCUT2D eigenvalue weighted by atomic mass is 9.87. The van der Waals surface area contributed by atoms with Gasteiger partial charge in [-0.1, -0.05) is 61.0 Å². The van der Waals surface area contributed by atoms with E-state index in [0.717, 1.165) is 5.69 Å². The average molecular weight is 576 g/mol. The van der Waals surface area contributed by atoms with Crippen LogP contribution >= 0.6 is 7.60 Å². The van der Waals surface area contributed by atoms with Crippen LogP contribution in [0.1, 0.15) is 49.0 Å². The first-order valence-electron chi connectivity index (χ1n) is 13.4. The molecule has 0 radical (unpaired) electrons. The highest BCUT2D eigenvalue weighted by molar-refractivity contribution is 7.60. The Morgan fingerprint density at radius 1 is 0.902 bits per heavy atom. The molecule has 1 aliphatic heterocycles. The molecule has 4 aromatic carbocycles. The summed E-state index contributed by atoms with van der Waals surface area (Å²) in [5.41, 5.74) is 3.31. The summed E-state index contributed by atoms with van der Waals surface area (Å²) in [6, 6.07) is 25.8. The summed E-state index contributed by atoms with van der Waals surface area (Å²) in [7, 11) is -4.36. The van der Waals surface area contributed by atoms with Gasteiger partial charge in [0.15, 0.2) is 0 Å². The summed E-state index contributed by atoms with van der Waals surface area (Å²) in [5.74, 6) is -0.527. The first-order chi connectivity index (χ1) is 19.6. The number of para-hydroxylation sites is 1. The molecule has 41 heavy (non-hydrogen) atoms. The Hall–Kier alpha value is -3.81. The van der Waals surface area contributed by atoms with E-state index in [1.54, 1.807) is 41.3 Å². The number of phenols is 1. The van der Waals surface area contributed by atoms with Crippen LogP contribution in [0.3, 0.4) is 0 Å². The van der Waals surface area contributed by atoms with Gasteiger partial charge < -0.3 is 24.9 Å². The predicted molar refractivity (Wildman–Crippen MR) is 155 cm³/mol. The summed E-state index contributed by atoms with van der Waals surface area (Å²) in [4.78, 5) is 33.8. The van der Waals surface area contributed by atoms with Crippen molar-refractivity contribution in [3.63, 3.8) is 0 Å². The molecule has 4 N–H and O–H groups in total. The van der Waals surface area contributed by atoms with Gasteiger partial charge in [-0.15, -0.1) is 0 Å². The van der Waals surface area contributed by atoms with Crippen LogP contribution in [-0.4, -0.2) is 25.9 Å². The van der Waals surface area contributed by atoms with Crippen molar-refractivity contribution in [1.29, 1.82) is 0 Å². The average Bonchev–Trinajstić information content (AvgIpc) is 3.28. The number of halogens is 1. The zero-order chi connectivity index (χ0) is 29.1. The van der Waals surface area contributed by atoms with Gasteiger partial charge in [0.1, 0.15) is 11.6 Å². The second-order valence-electron chi connectivity index (χ2n) is 10.4. The lowest BCUT2D eigenvalue weighted by Crippen LogP contribution is -2.28. The summed E-state index contributed by atoms with van der Waals surface area (Å²) in [6.07, 6.45) is 1.24. The summed E-state index contributed by atoms with van der Waals surface area (Å²) in [6.45, 7) is 0. The van der Waals surface area contributed by atoms with Crippen molar-refractivity contribution >= 4 is 24.5 Å². The fourth-order valence-electron chi connectivity index (χ4n) is 5.59. The number of carbonyl (C=O) groups is 1. The van der Waals surface area contributed by atoms with E-state index in [0.29, 0.717) is 41.5 Å². The highest BCUT2D eigenvalue weighted by atomic mass is 31.2. The molecule has 7 nitrogen and oxygen atoms in total. The second-order valence-corrected chi connectivity index (χ2v) is 12.0. The normalized spacial score (nSPS) is 18.0. The monoisotopic (exact) mass is 575 g/mol. The topological polar surface area (TPSA) is 118 Å². The van der Waals surface area contributed by atoms with E-state index in [1.165, 1.54) is 24.3 Å². The number of aliphatic hydroxyl groups is 1. The molecule has 0 saturated carbocycles. The van der Waals surface area contributed by atoms with Crippen LogP contribution in [0.5, 0.6) is 5.75 Å². The number of phenolic OH excluding ortho intramolecular Hbond substituents is 1. The van der Waals surface area contributed by atoms with Gasteiger partial charge in [0, 0.05) is 17.7 Å². The summed E-state index contributed by atoms with van der Waals surface area (Å²) < 4.78 is 24.8. The molecule has 1 saturated heterocycles. The fourth-order valence-corrected chi connectivity index (χ4v) is 6.13. The van der Waals surface area contributed by atoms with Gasteiger partial charge in [0.25, 0.3) is 0 Å². The molecule has 3 atom stereocenters. The Kier molecular flexibility index (Phi) is 8.38. The highest BCUT2D eigenvalue weighted by Crippen LogP contribution is 2.47. The molecular weight excluding hydrogens is 544 g/mol. The number of aromatic hydroxyl groups is 1. The molecule has 212 valence electrons. The molecular formula is C32H31FNO6P. The number of amides is 1. The van der Waals surface area contributed by atoms with Crippen LogP contribution in [0.15, 0.2) is 97.1 Å². The lowest BCUT2D eigenvalue weighted by molar-refractivity contribution is -0.117. The number of hydrogen-bond donors (Lipinski definition) is 4. The molecule has 0 bridgehead atoms. The van der Waals surface area contributed by atoms with E-state index < -0.39 is 19.7 Å². The number of hydrogen-bond acceptors (Lipinski definition) is 4. The first kappa shape index (κ1) is 28.7. The molecule has 5 rings (SSSR count). The van der Waals surface area contributed by atoms with E-state index in [9.17, 15) is 33.7 Å². The standard InChI is InChI=1S/C32H31FNO6P/c33-25-14-9-22(10-15-25)29(35)8-4-5-24-20-31(37)34(26-6-2-1-3-7-26)32(24)28-18-13-23(19-30(28)36)21-11-16-27(17-12-21)41(38,39)40/h1-3,6-7,9-19,24,29,32,35-36H,4-5,8,20H2,(H2,38,39,40)/t24-,29?,32-/m0/s1. The molecule has 1 fully saturated rings. The van der Waals surface area contributed by atoms with Crippen LogP contribution in [-0.2, 0) is 9.36 Å². The van der Waals surface area contributed by atoms with E-state index in [2.05, 4.69) is 0 Å². The van der Waals surface area contributed by atoms with E-state index >= 15 is 0 Å². The van der Waals surface area contributed by atoms with E-state index in [4.69, 9.17) is 0 Å². The second kappa shape index (κ2) is 12.0. The SMILES string of the molecule is O=C1C[C@H](CCCC(O)c2ccc(F)cc2)[C@@H](c2ccc(-c3ccc(P(=O)(O)O)cc3)cc2O)N1c1ccccc1. The van der Waals surface area contributed by atoms with Crippen molar-refractivity contribution in [1.82, 2.24) is 0 Å². The zero-order valence-electron chi connectivity index (χ0n) is 22.2. The van der Waals surface area contributed by atoms with Crippen LogP contribution in [0, 0.1) is 11.7 Å². The Labute approximate surface area is 237 Å². The third-order valence-electron chi connectivity index (χ3n) is 7.66. The van der Waals surface area contributed by atoms with Crippen molar-refractivity contribution in [3.8, 4) is 16.9 Å². The zero-order valence-corrected chi connectivity index (χ0v) is 23.1. The number of benzene rings is 4. The minimum absolute atomic E-state index is 0.0125. The number of rotatable bonds is 9. The van der Waals surface area contributed by atoms with Gasteiger partial charge in [0.2, 0.25) is 5.91 Å². The maximum absolute atomic E-state index is 13.3. The van der Waals surface area contributed by atoms with Crippen LogP contribution in [0.25, 0.3) is 11.1 Å². The van der Waals surface area contributed by atoms with Crippen molar-refractivity contribution in [2.75, 3.05) is 4.90 Å². The molecule has 1 aliphatic rings. The third-order valence-corrected chi connectivity index (χ3v) is 8.63. The molecule has 0 aromatic heterocycles. The Bertz CT molecular complexity index is 1560. The Balaban J connectivity index is 1.40. The number of aliphatic hydroxyl groups excluding tert-OH is 1. The van der Waals surface area contributed by atoms with Crippen molar-refractivity contribution in [2.45, 2.75) is 37.8 Å². The molecule has 0 spiro atoms. The van der Waals surface area contributed by atoms with Crippen molar-refractivity contribution in [3.05, 3.63) is 114 Å². The van der Waals surface area contributed by atoms with Gasteiger partial charge >= 0.3 is 7.60 Å². The summed E-state index contributed by atoms with van der Waals surface area (Å²) >= 11 is 0. The maximum Gasteiger partial charge on any atom is 0.356 e. The van der Waals surface area contributed by atoms with Gasteiger partial charge in [-0.05, 0) is 77.9 Å². The first-order valence-corrected chi connectivity index (χ1v) is 15.0. The number of anilines is 1.